The molecule has 0 spiro atoms. The Balaban J connectivity index is 1.96. The highest BCUT2D eigenvalue weighted by Gasteiger charge is 2.24. The van der Waals surface area contributed by atoms with Gasteiger partial charge in [0.1, 0.15) is 5.75 Å². The fourth-order valence-electron chi connectivity index (χ4n) is 3.48. The molecule has 0 bridgehead atoms. The van der Waals surface area contributed by atoms with Crippen molar-refractivity contribution >= 4 is 11.9 Å². The van der Waals surface area contributed by atoms with Crippen LogP contribution in [0, 0.1) is 6.92 Å². The summed E-state index contributed by atoms with van der Waals surface area (Å²) in [5, 5.41) is 0. The minimum absolute atomic E-state index is 0.102. The zero-order chi connectivity index (χ0) is 18.7. The lowest BCUT2D eigenvalue weighted by molar-refractivity contribution is 0.102. The zero-order valence-corrected chi connectivity index (χ0v) is 16.3. The summed E-state index contributed by atoms with van der Waals surface area (Å²) in [6, 6.07) is 12.5. The molecule has 0 amide bonds. The van der Waals surface area contributed by atoms with Crippen LogP contribution in [0.5, 0.6) is 5.75 Å². The normalized spacial score (nSPS) is 15.4. The van der Waals surface area contributed by atoms with Crippen molar-refractivity contribution in [1.82, 2.24) is 0 Å². The third-order valence-corrected chi connectivity index (χ3v) is 4.79. The second-order valence-electron chi connectivity index (χ2n) is 7.44. The summed E-state index contributed by atoms with van der Waals surface area (Å²) in [4.78, 5) is 13.1. The molecule has 3 rings (SSSR count). The molecule has 2 nitrogen and oxygen atoms in total. The van der Waals surface area contributed by atoms with Gasteiger partial charge in [0.25, 0.3) is 0 Å². The van der Waals surface area contributed by atoms with Crippen molar-refractivity contribution in [3.63, 3.8) is 0 Å². The Hall–Kier alpha value is -2.35. The predicted octanol–water partition coefficient (Wildman–Crippen LogP) is 5.95. The van der Waals surface area contributed by atoms with Gasteiger partial charge in [0.2, 0.25) is 0 Å². The molecular formula is C24H28O2. The largest absolute Gasteiger partial charge is 0.491 e. The van der Waals surface area contributed by atoms with Gasteiger partial charge in [-0.1, -0.05) is 49.2 Å². The van der Waals surface area contributed by atoms with E-state index in [0.717, 1.165) is 53.7 Å². The third-order valence-electron chi connectivity index (χ3n) is 4.79. The SMILES string of the molecule is CCCc1cc2c(cc1OC(C)C)C(=O)/C(=C/c1ccc(C)cc1)CC2. The van der Waals surface area contributed by atoms with Gasteiger partial charge in [0.05, 0.1) is 6.10 Å². The highest BCUT2D eigenvalue weighted by Crippen LogP contribution is 2.33. The van der Waals surface area contributed by atoms with Crippen molar-refractivity contribution in [3.8, 4) is 5.75 Å². The maximum Gasteiger partial charge on any atom is 0.189 e. The molecule has 0 radical (unpaired) electrons. The fraction of sp³-hybridized carbons (Fsp3) is 0.375. The van der Waals surface area contributed by atoms with Crippen molar-refractivity contribution < 1.29 is 9.53 Å². The molecule has 2 aromatic rings. The second kappa shape index (κ2) is 7.90. The average molecular weight is 348 g/mol. The van der Waals surface area contributed by atoms with E-state index in [-0.39, 0.29) is 11.9 Å². The second-order valence-corrected chi connectivity index (χ2v) is 7.44. The zero-order valence-electron chi connectivity index (χ0n) is 16.3. The first-order valence-electron chi connectivity index (χ1n) is 9.62. The molecular weight excluding hydrogens is 320 g/mol. The first kappa shape index (κ1) is 18.4. The molecule has 0 aliphatic heterocycles. The lowest BCUT2D eigenvalue weighted by Crippen LogP contribution is -2.16. The molecule has 1 aliphatic carbocycles. The molecule has 136 valence electrons. The van der Waals surface area contributed by atoms with Gasteiger partial charge in [-0.3, -0.25) is 4.79 Å². The maximum atomic E-state index is 13.1. The van der Waals surface area contributed by atoms with Crippen molar-refractivity contribution in [1.29, 1.82) is 0 Å². The Bertz CT molecular complexity index is 826. The van der Waals surface area contributed by atoms with Gasteiger partial charge in [-0.15, -0.1) is 0 Å². The number of carbonyl (C=O) groups excluding carboxylic acids is 1. The number of carbonyl (C=O) groups is 1. The van der Waals surface area contributed by atoms with Crippen LogP contribution in [0.3, 0.4) is 0 Å². The van der Waals surface area contributed by atoms with E-state index in [1.165, 1.54) is 11.1 Å². The van der Waals surface area contributed by atoms with E-state index in [1.54, 1.807) is 0 Å². The summed E-state index contributed by atoms with van der Waals surface area (Å²) in [6.07, 6.45) is 5.90. The number of rotatable bonds is 5. The molecule has 0 atom stereocenters. The topological polar surface area (TPSA) is 26.3 Å². The number of ether oxygens (including phenoxy) is 1. The first-order chi connectivity index (χ1) is 12.5. The Kier molecular flexibility index (Phi) is 5.61. The van der Waals surface area contributed by atoms with Gasteiger partial charge in [-0.05, 0) is 68.9 Å². The number of hydrogen-bond donors (Lipinski definition) is 0. The van der Waals surface area contributed by atoms with Crippen LogP contribution in [-0.2, 0) is 12.8 Å². The van der Waals surface area contributed by atoms with Crippen LogP contribution < -0.4 is 4.74 Å². The highest BCUT2D eigenvalue weighted by atomic mass is 16.5. The number of hydrogen-bond acceptors (Lipinski definition) is 2. The fourth-order valence-corrected chi connectivity index (χ4v) is 3.48. The molecule has 0 N–H and O–H groups in total. The summed E-state index contributed by atoms with van der Waals surface area (Å²) >= 11 is 0. The predicted molar refractivity (Wildman–Crippen MR) is 108 cm³/mol. The number of fused-ring (bicyclic) bond motifs is 1. The molecule has 0 saturated heterocycles. The summed E-state index contributed by atoms with van der Waals surface area (Å²) in [5.41, 5.74) is 6.40. The first-order valence-corrected chi connectivity index (χ1v) is 9.62. The molecule has 2 aromatic carbocycles. The Morgan fingerprint density at radius 3 is 2.50 bits per heavy atom. The average Bonchev–Trinajstić information content (AvgIpc) is 2.60. The van der Waals surface area contributed by atoms with Gasteiger partial charge in [0, 0.05) is 11.1 Å². The molecule has 1 aliphatic rings. The Labute approximate surface area is 156 Å². The van der Waals surface area contributed by atoms with Crippen molar-refractivity contribution in [2.45, 2.75) is 59.5 Å². The minimum Gasteiger partial charge on any atom is -0.491 e. The van der Waals surface area contributed by atoms with Crippen LogP contribution in [-0.4, -0.2) is 11.9 Å². The van der Waals surface area contributed by atoms with E-state index < -0.39 is 0 Å². The van der Waals surface area contributed by atoms with Crippen LogP contribution in [0.25, 0.3) is 6.08 Å². The lowest BCUT2D eigenvalue weighted by atomic mass is 9.84. The van der Waals surface area contributed by atoms with Gasteiger partial charge in [-0.25, -0.2) is 0 Å². The van der Waals surface area contributed by atoms with Crippen molar-refractivity contribution in [2.75, 3.05) is 0 Å². The van der Waals surface area contributed by atoms with Crippen LogP contribution in [0.2, 0.25) is 0 Å². The molecule has 0 aromatic heterocycles. The van der Waals surface area contributed by atoms with E-state index in [2.05, 4.69) is 44.2 Å². The smallest absolute Gasteiger partial charge is 0.189 e. The monoisotopic (exact) mass is 348 g/mol. The van der Waals surface area contributed by atoms with E-state index in [0.29, 0.717) is 0 Å². The van der Waals surface area contributed by atoms with Crippen LogP contribution >= 0.6 is 0 Å². The van der Waals surface area contributed by atoms with E-state index in [9.17, 15) is 4.79 Å². The Morgan fingerprint density at radius 2 is 1.85 bits per heavy atom. The Morgan fingerprint density at radius 1 is 1.12 bits per heavy atom. The number of allylic oxidation sites excluding steroid dienone is 1. The van der Waals surface area contributed by atoms with Crippen LogP contribution in [0.4, 0.5) is 0 Å². The number of ketones is 1. The van der Waals surface area contributed by atoms with Crippen LogP contribution in [0.15, 0.2) is 42.0 Å². The summed E-state index contributed by atoms with van der Waals surface area (Å²) in [6.45, 7) is 8.30. The quantitative estimate of drug-likeness (QED) is 0.624. The third kappa shape index (κ3) is 4.07. The van der Waals surface area contributed by atoms with Crippen molar-refractivity contribution in [3.05, 3.63) is 69.8 Å². The molecule has 2 heteroatoms. The lowest BCUT2D eigenvalue weighted by Gasteiger charge is -2.22. The number of benzene rings is 2. The van der Waals surface area contributed by atoms with Crippen molar-refractivity contribution in [2.24, 2.45) is 0 Å². The summed E-state index contributed by atoms with van der Waals surface area (Å²) in [7, 11) is 0. The molecule has 26 heavy (non-hydrogen) atoms. The molecule has 0 heterocycles. The minimum atomic E-state index is 0.102. The van der Waals surface area contributed by atoms with Gasteiger partial charge in [0.15, 0.2) is 5.78 Å². The molecule has 0 saturated carbocycles. The van der Waals surface area contributed by atoms with E-state index in [4.69, 9.17) is 4.74 Å². The van der Waals surface area contributed by atoms with Gasteiger partial charge < -0.3 is 4.74 Å². The maximum absolute atomic E-state index is 13.1. The van der Waals surface area contributed by atoms with Crippen LogP contribution in [0.1, 0.15) is 66.2 Å². The molecule has 0 unspecified atom stereocenters. The molecule has 0 fully saturated rings. The highest BCUT2D eigenvalue weighted by molar-refractivity contribution is 6.13. The summed E-state index contributed by atoms with van der Waals surface area (Å²) in [5.74, 6) is 1.01. The van der Waals surface area contributed by atoms with E-state index >= 15 is 0 Å². The van der Waals surface area contributed by atoms with Gasteiger partial charge in [-0.2, -0.15) is 0 Å². The number of Topliss-reactive ketones (excluding diaryl/α,β-unsaturated/α-hetero) is 1. The summed E-state index contributed by atoms with van der Waals surface area (Å²) < 4.78 is 6.01. The standard InChI is InChI=1S/C24H28O2/c1-5-6-20-14-19-11-12-21(13-18-9-7-17(4)8-10-18)24(25)22(19)15-23(20)26-16(2)3/h7-10,13-16H,5-6,11-12H2,1-4H3/b21-13+. The van der Waals surface area contributed by atoms with Gasteiger partial charge >= 0.3 is 0 Å². The number of aryl methyl sites for hydroxylation is 3. The van der Waals surface area contributed by atoms with E-state index in [1.807, 2.05) is 26.0 Å².